The van der Waals surface area contributed by atoms with E-state index in [9.17, 15) is 14.4 Å². The van der Waals surface area contributed by atoms with Gasteiger partial charge in [-0.25, -0.2) is 0 Å². The molecule has 0 aliphatic carbocycles. The Morgan fingerprint density at radius 2 is 2.26 bits per heavy atom. The molecule has 1 saturated heterocycles. The molecule has 0 aromatic rings. The summed E-state index contributed by atoms with van der Waals surface area (Å²) in [7, 11) is 0. The van der Waals surface area contributed by atoms with Crippen LogP contribution in [0.3, 0.4) is 0 Å². The van der Waals surface area contributed by atoms with Crippen LogP contribution in [0.4, 0.5) is 0 Å². The average molecular weight is 335 g/mol. The average Bonchev–Trinajstić information content (AvgIpc) is 2.40. The number of carbonyl (C=O) groups excluding carboxylic acids is 3. The number of nitrogens with zero attached hydrogens (tertiary/aromatic N) is 1. The summed E-state index contributed by atoms with van der Waals surface area (Å²) in [4.78, 5) is 36.5. The van der Waals surface area contributed by atoms with Crippen LogP contribution in [0.25, 0.3) is 0 Å². The van der Waals surface area contributed by atoms with Crippen LogP contribution in [-0.2, 0) is 19.1 Å². The molecule has 108 valence electrons. The van der Waals surface area contributed by atoms with Crippen molar-refractivity contribution in [1.29, 1.82) is 0 Å². The lowest BCUT2D eigenvalue weighted by molar-refractivity contribution is -0.151. The van der Waals surface area contributed by atoms with Crippen molar-refractivity contribution in [2.24, 2.45) is 0 Å². The topological polar surface area (TPSA) is 75.7 Å². The third kappa shape index (κ3) is 4.81. The number of rotatable bonds is 6. The lowest BCUT2D eigenvalue weighted by atomic mass is 10.1. The largest absolute Gasteiger partial charge is 0.466 e. The molecule has 0 radical (unpaired) electrons. The molecule has 1 fully saturated rings. The third-order valence-electron chi connectivity index (χ3n) is 2.89. The summed E-state index contributed by atoms with van der Waals surface area (Å²) in [5.74, 6) is -0.933. The fourth-order valence-corrected chi connectivity index (χ4v) is 2.16. The van der Waals surface area contributed by atoms with E-state index in [0.717, 1.165) is 12.8 Å². The highest BCUT2D eigenvalue weighted by Crippen LogP contribution is 2.11. The van der Waals surface area contributed by atoms with E-state index in [1.54, 1.807) is 0 Å². The molecule has 1 atom stereocenters. The summed E-state index contributed by atoms with van der Waals surface area (Å²) >= 11 is 3.08. The molecule has 1 rings (SSSR count). The molecular formula is C12H19BrN2O4. The van der Waals surface area contributed by atoms with Gasteiger partial charge in [-0.3, -0.25) is 14.4 Å². The summed E-state index contributed by atoms with van der Waals surface area (Å²) < 4.78 is 5.03. The summed E-state index contributed by atoms with van der Waals surface area (Å²) in [6.45, 7) is 3.19. The Bertz CT molecular complexity index is 349. The molecular weight excluding hydrogens is 316 g/mol. The summed E-state index contributed by atoms with van der Waals surface area (Å²) in [6, 6.07) is -0.757. The van der Waals surface area contributed by atoms with Crippen molar-refractivity contribution in [2.45, 2.75) is 32.2 Å². The predicted octanol–water partition coefficient (Wildman–Crippen LogP) is 0.442. The van der Waals surface area contributed by atoms with Crippen LogP contribution in [0.1, 0.15) is 26.2 Å². The van der Waals surface area contributed by atoms with Gasteiger partial charge in [0.1, 0.15) is 6.04 Å². The van der Waals surface area contributed by atoms with E-state index in [0.29, 0.717) is 19.7 Å². The Hall–Kier alpha value is -1.11. The van der Waals surface area contributed by atoms with Crippen molar-refractivity contribution in [1.82, 2.24) is 10.2 Å². The van der Waals surface area contributed by atoms with Crippen molar-refractivity contribution in [3.63, 3.8) is 0 Å². The SMILES string of the molecule is CCCCOC(=O)C[C@H]1C(=O)NCCN1C(=O)CBr. The maximum absolute atomic E-state index is 11.8. The zero-order valence-corrected chi connectivity index (χ0v) is 12.6. The molecule has 0 saturated carbocycles. The number of esters is 1. The number of hydrogen-bond donors (Lipinski definition) is 1. The van der Waals surface area contributed by atoms with E-state index in [4.69, 9.17) is 4.74 Å². The first-order valence-electron chi connectivity index (χ1n) is 6.39. The number of nitrogens with one attached hydrogen (secondary N) is 1. The summed E-state index contributed by atoms with van der Waals surface area (Å²) in [5.41, 5.74) is 0. The van der Waals surface area contributed by atoms with Gasteiger partial charge in [0, 0.05) is 13.1 Å². The van der Waals surface area contributed by atoms with E-state index in [-0.39, 0.29) is 23.6 Å². The van der Waals surface area contributed by atoms with Gasteiger partial charge in [-0.15, -0.1) is 0 Å². The van der Waals surface area contributed by atoms with Gasteiger partial charge in [-0.2, -0.15) is 0 Å². The van der Waals surface area contributed by atoms with Gasteiger partial charge in [0.2, 0.25) is 11.8 Å². The predicted molar refractivity (Wildman–Crippen MR) is 72.8 cm³/mol. The van der Waals surface area contributed by atoms with Crippen LogP contribution in [0, 0.1) is 0 Å². The van der Waals surface area contributed by atoms with Crippen LogP contribution in [-0.4, -0.2) is 53.8 Å². The second kappa shape index (κ2) is 8.14. The van der Waals surface area contributed by atoms with E-state index in [1.807, 2.05) is 6.92 Å². The highest BCUT2D eigenvalue weighted by Gasteiger charge is 2.34. The monoisotopic (exact) mass is 334 g/mol. The van der Waals surface area contributed by atoms with Crippen LogP contribution < -0.4 is 5.32 Å². The molecule has 0 aromatic carbocycles. The number of carbonyl (C=O) groups is 3. The number of hydrogen-bond acceptors (Lipinski definition) is 4. The molecule has 0 aromatic heterocycles. The van der Waals surface area contributed by atoms with E-state index >= 15 is 0 Å². The molecule has 1 aliphatic heterocycles. The quantitative estimate of drug-likeness (QED) is 0.434. The Labute approximate surface area is 121 Å². The van der Waals surface area contributed by atoms with Gasteiger partial charge in [-0.1, -0.05) is 29.3 Å². The number of amides is 2. The lowest BCUT2D eigenvalue weighted by Gasteiger charge is -2.34. The Morgan fingerprint density at radius 3 is 2.89 bits per heavy atom. The number of piperazine rings is 1. The number of alkyl halides is 1. The Balaban J connectivity index is 2.57. The van der Waals surface area contributed by atoms with Gasteiger partial charge in [0.25, 0.3) is 0 Å². The second-order valence-corrected chi connectivity index (χ2v) is 4.87. The van der Waals surface area contributed by atoms with Gasteiger partial charge in [0.05, 0.1) is 18.4 Å². The lowest BCUT2D eigenvalue weighted by Crippen LogP contribution is -2.58. The first-order valence-corrected chi connectivity index (χ1v) is 7.51. The zero-order chi connectivity index (χ0) is 14.3. The molecule has 1 heterocycles. The van der Waals surface area contributed by atoms with E-state index in [2.05, 4.69) is 21.2 Å². The van der Waals surface area contributed by atoms with Gasteiger partial charge >= 0.3 is 5.97 Å². The van der Waals surface area contributed by atoms with Gasteiger partial charge in [0.15, 0.2) is 0 Å². The fraction of sp³-hybridized carbons (Fsp3) is 0.750. The molecule has 6 nitrogen and oxygen atoms in total. The smallest absolute Gasteiger partial charge is 0.308 e. The number of unbranched alkanes of at least 4 members (excludes halogenated alkanes) is 1. The van der Waals surface area contributed by atoms with Crippen LogP contribution in [0.15, 0.2) is 0 Å². The third-order valence-corrected chi connectivity index (χ3v) is 3.37. The van der Waals surface area contributed by atoms with Crippen molar-refractivity contribution < 1.29 is 19.1 Å². The maximum atomic E-state index is 11.8. The molecule has 7 heteroatoms. The van der Waals surface area contributed by atoms with Crippen molar-refractivity contribution in [3.8, 4) is 0 Å². The highest BCUT2D eigenvalue weighted by molar-refractivity contribution is 9.09. The van der Waals surface area contributed by atoms with Crippen LogP contribution in [0.5, 0.6) is 0 Å². The molecule has 0 spiro atoms. The maximum Gasteiger partial charge on any atom is 0.308 e. The molecule has 0 unspecified atom stereocenters. The molecule has 1 aliphatic rings. The van der Waals surface area contributed by atoms with Crippen LogP contribution >= 0.6 is 15.9 Å². The summed E-state index contributed by atoms with van der Waals surface area (Å²) in [5, 5.41) is 2.80. The van der Waals surface area contributed by atoms with Gasteiger partial charge < -0.3 is 15.0 Å². The molecule has 1 N–H and O–H groups in total. The highest BCUT2D eigenvalue weighted by atomic mass is 79.9. The van der Waals surface area contributed by atoms with Gasteiger partial charge in [-0.05, 0) is 6.42 Å². The second-order valence-electron chi connectivity index (χ2n) is 4.31. The molecule has 0 bridgehead atoms. The fourth-order valence-electron chi connectivity index (χ4n) is 1.84. The van der Waals surface area contributed by atoms with Crippen molar-refractivity contribution in [3.05, 3.63) is 0 Å². The first-order chi connectivity index (χ1) is 9.10. The van der Waals surface area contributed by atoms with Crippen molar-refractivity contribution in [2.75, 3.05) is 25.0 Å². The van der Waals surface area contributed by atoms with E-state index < -0.39 is 12.0 Å². The minimum atomic E-state index is -0.757. The minimum absolute atomic E-state index is 0.0890. The first kappa shape index (κ1) is 15.9. The van der Waals surface area contributed by atoms with Crippen LogP contribution in [0.2, 0.25) is 0 Å². The Morgan fingerprint density at radius 1 is 1.53 bits per heavy atom. The minimum Gasteiger partial charge on any atom is -0.466 e. The molecule has 19 heavy (non-hydrogen) atoms. The number of ether oxygens (including phenoxy) is 1. The number of halogens is 1. The van der Waals surface area contributed by atoms with Crippen molar-refractivity contribution >= 4 is 33.7 Å². The normalized spacial score (nSPS) is 18.9. The standard InChI is InChI=1S/C12H19BrN2O4/c1-2-3-6-19-11(17)7-9-12(18)14-4-5-15(9)10(16)8-13/h9H,2-8H2,1H3,(H,14,18)/t9-/m0/s1. The Kier molecular flexibility index (Phi) is 6.83. The zero-order valence-electron chi connectivity index (χ0n) is 11.0. The van der Waals surface area contributed by atoms with E-state index in [1.165, 1.54) is 4.90 Å². The molecule has 2 amide bonds. The summed E-state index contributed by atoms with van der Waals surface area (Å²) in [6.07, 6.45) is 1.65.